The van der Waals surface area contributed by atoms with Crippen LogP contribution in [0.15, 0.2) is 0 Å². The van der Waals surface area contributed by atoms with Gasteiger partial charge in [0.15, 0.2) is 0 Å². The van der Waals surface area contributed by atoms with E-state index in [1.54, 1.807) is 0 Å². The van der Waals surface area contributed by atoms with Crippen LogP contribution in [-0.4, -0.2) is 74.2 Å². The van der Waals surface area contributed by atoms with Gasteiger partial charge in [-0.2, -0.15) is 15.0 Å². The SMILES string of the molecule is CC(C)c1nc(N(C)C)nc(N2CCCN(S(C)(=O)=O)CC2)n1. The van der Waals surface area contributed by atoms with Crippen LogP contribution in [-0.2, 0) is 10.0 Å². The van der Waals surface area contributed by atoms with Gasteiger partial charge < -0.3 is 9.80 Å². The van der Waals surface area contributed by atoms with Gasteiger partial charge in [-0.1, -0.05) is 13.8 Å². The van der Waals surface area contributed by atoms with E-state index >= 15 is 0 Å². The molecule has 8 nitrogen and oxygen atoms in total. The molecule has 1 aliphatic rings. The zero-order valence-corrected chi connectivity index (χ0v) is 15.3. The first-order valence-electron chi connectivity index (χ1n) is 7.82. The number of anilines is 2. The first-order valence-corrected chi connectivity index (χ1v) is 9.66. The van der Waals surface area contributed by atoms with Gasteiger partial charge in [-0.05, 0) is 6.42 Å². The van der Waals surface area contributed by atoms with Crippen LogP contribution in [0.5, 0.6) is 0 Å². The summed E-state index contributed by atoms with van der Waals surface area (Å²) in [7, 11) is 0.647. The molecule has 1 aliphatic heterocycles. The van der Waals surface area contributed by atoms with Crippen LogP contribution in [0.4, 0.5) is 11.9 Å². The van der Waals surface area contributed by atoms with Crippen molar-refractivity contribution in [2.24, 2.45) is 0 Å². The summed E-state index contributed by atoms with van der Waals surface area (Å²) in [5.74, 6) is 2.21. The highest BCUT2D eigenvalue weighted by atomic mass is 32.2. The van der Waals surface area contributed by atoms with E-state index in [9.17, 15) is 8.42 Å². The second-order valence-corrected chi connectivity index (χ2v) is 8.33. The van der Waals surface area contributed by atoms with Crippen molar-refractivity contribution in [1.82, 2.24) is 19.3 Å². The van der Waals surface area contributed by atoms with E-state index < -0.39 is 10.0 Å². The maximum atomic E-state index is 11.7. The summed E-state index contributed by atoms with van der Waals surface area (Å²) < 4.78 is 25.0. The van der Waals surface area contributed by atoms with Crippen LogP contribution < -0.4 is 9.80 Å². The predicted molar refractivity (Wildman–Crippen MR) is 91.5 cm³/mol. The molecule has 9 heteroatoms. The first kappa shape index (κ1) is 17.9. The van der Waals surface area contributed by atoms with Crippen molar-refractivity contribution in [3.05, 3.63) is 5.82 Å². The third kappa shape index (κ3) is 4.51. The average Bonchev–Trinajstić information content (AvgIpc) is 2.72. The van der Waals surface area contributed by atoms with Gasteiger partial charge in [-0.25, -0.2) is 12.7 Å². The summed E-state index contributed by atoms with van der Waals surface area (Å²) >= 11 is 0. The number of hydrogen-bond acceptors (Lipinski definition) is 7. The number of sulfonamides is 1. The highest BCUT2D eigenvalue weighted by Crippen LogP contribution is 2.19. The van der Waals surface area contributed by atoms with Crippen LogP contribution in [0.25, 0.3) is 0 Å². The molecule has 0 bridgehead atoms. The number of aromatic nitrogens is 3. The molecule has 2 rings (SSSR count). The average molecular weight is 342 g/mol. The van der Waals surface area contributed by atoms with Gasteiger partial charge in [0.2, 0.25) is 21.9 Å². The fourth-order valence-electron chi connectivity index (χ4n) is 2.39. The summed E-state index contributed by atoms with van der Waals surface area (Å²) in [5.41, 5.74) is 0. The zero-order chi connectivity index (χ0) is 17.2. The third-order valence-corrected chi connectivity index (χ3v) is 5.06. The molecule has 23 heavy (non-hydrogen) atoms. The lowest BCUT2D eigenvalue weighted by Crippen LogP contribution is -2.35. The largest absolute Gasteiger partial charge is 0.347 e. The molecule has 1 fully saturated rings. The van der Waals surface area contributed by atoms with Crippen molar-refractivity contribution in [3.8, 4) is 0 Å². The summed E-state index contributed by atoms with van der Waals surface area (Å²) in [4.78, 5) is 17.5. The topological polar surface area (TPSA) is 82.5 Å². The molecule has 0 atom stereocenters. The minimum atomic E-state index is -3.15. The van der Waals surface area contributed by atoms with Crippen LogP contribution in [0.2, 0.25) is 0 Å². The van der Waals surface area contributed by atoms with Crippen molar-refractivity contribution >= 4 is 21.9 Å². The van der Waals surface area contributed by atoms with E-state index in [-0.39, 0.29) is 5.92 Å². The number of rotatable bonds is 4. The summed E-state index contributed by atoms with van der Waals surface area (Å²) in [6.45, 7) is 6.41. The van der Waals surface area contributed by atoms with Crippen LogP contribution in [0, 0.1) is 0 Å². The lowest BCUT2D eigenvalue weighted by Gasteiger charge is -2.23. The molecule has 0 unspecified atom stereocenters. The van der Waals surface area contributed by atoms with Gasteiger partial charge in [-0.15, -0.1) is 0 Å². The van der Waals surface area contributed by atoms with Crippen LogP contribution in [0.1, 0.15) is 32.0 Å². The highest BCUT2D eigenvalue weighted by molar-refractivity contribution is 7.88. The second kappa shape index (κ2) is 6.96. The molecule has 0 aliphatic carbocycles. The molecule has 0 radical (unpaired) electrons. The second-order valence-electron chi connectivity index (χ2n) is 6.35. The lowest BCUT2D eigenvalue weighted by atomic mass is 10.2. The Morgan fingerprint density at radius 2 is 1.74 bits per heavy atom. The smallest absolute Gasteiger partial charge is 0.230 e. The quantitative estimate of drug-likeness (QED) is 0.789. The van der Waals surface area contributed by atoms with E-state index in [4.69, 9.17) is 0 Å². The van der Waals surface area contributed by atoms with Crippen LogP contribution >= 0.6 is 0 Å². The molecule has 2 heterocycles. The fourth-order valence-corrected chi connectivity index (χ4v) is 3.27. The van der Waals surface area contributed by atoms with Gasteiger partial charge in [0, 0.05) is 46.2 Å². The molecule has 0 amide bonds. The van der Waals surface area contributed by atoms with Gasteiger partial charge in [-0.3, -0.25) is 0 Å². The molecule has 1 saturated heterocycles. The summed E-state index contributed by atoms with van der Waals surface area (Å²) in [5, 5.41) is 0. The Morgan fingerprint density at radius 1 is 1.04 bits per heavy atom. The van der Waals surface area contributed by atoms with Crippen molar-refractivity contribution in [2.45, 2.75) is 26.2 Å². The Balaban J connectivity index is 2.27. The van der Waals surface area contributed by atoms with Crippen LogP contribution in [0.3, 0.4) is 0 Å². The van der Waals surface area contributed by atoms with Crippen molar-refractivity contribution in [2.75, 3.05) is 56.3 Å². The summed E-state index contributed by atoms with van der Waals surface area (Å²) in [6.07, 6.45) is 2.01. The normalized spacial score (nSPS) is 17.4. The zero-order valence-electron chi connectivity index (χ0n) is 14.5. The van der Waals surface area contributed by atoms with E-state index in [1.165, 1.54) is 10.6 Å². The molecular weight excluding hydrogens is 316 g/mol. The molecule has 1 aromatic heterocycles. The van der Waals surface area contributed by atoms with Crippen molar-refractivity contribution in [3.63, 3.8) is 0 Å². The third-order valence-electron chi connectivity index (χ3n) is 3.75. The molecule has 0 aromatic carbocycles. The van der Waals surface area contributed by atoms with E-state index in [0.29, 0.717) is 31.5 Å². The maximum absolute atomic E-state index is 11.7. The minimum Gasteiger partial charge on any atom is -0.347 e. The molecule has 1 aromatic rings. The predicted octanol–water partition coefficient (Wildman–Crippen LogP) is 0.533. The van der Waals surface area contributed by atoms with Crippen molar-refractivity contribution < 1.29 is 8.42 Å². The molecule has 0 saturated carbocycles. The Morgan fingerprint density at radius 3 is 2.30 bits per heavy atom. The number of hydrogen-bond donors (Lipinski definition) is 0. The van der Waals surface area contributed by atoms with E-state index in [0.717, 1.165) is 18.8 Å². The standard InChI is InChI=1S/C14H26N6O2S/c1-11(2)12-15-13(18(3)4)17-14(16-12)19-7-6-8-20(10-9-19)23(5,21)22/h11H,6-10H2,1-5H3. The van der Waals surface area contributed by atoms with Crippen molar-refractivity contribution in [1.29, 1.82) is 0 Å². The van der Waals surface area contributed by atoms with E-state index in [1.807, 2.05) is 37.7 Å². The van der Waals surface area contributed by atoms with E-state index in [2.05, 4.69) is 15.0 Å². The minimum absolute atomic E-state index is 0.204. The first-order chi connectivity index (χ1) is 10.7. The van der Waals surface area contributed by atoms with Gasteiger partial charge >= 0.3 is 0 Å². The monoisotopic (exact) mass is 342 g/mol. The van der Waals surface area contributed by atoms with Gasteiger partial charge in [0.1, 0.15) is 5.82 Å². The Bertz CT molecular complexity index is 620. The Kier molecular flexibility index (Phi) is 5.41. The fraction of sp³-hybridized carbons (Fsp3) is 0.786. The molecule has 0 N–H and O–H groups in total. The molecular formula is C14H26N6O2S. The van der Waals surface area contributed by atoms with Gasteiger partial charge in [0.05, 0.1) is 6.26 Å². The molecule has 0 spiro atoms. The number of nitrogens with zero attached hydrogens (tertiary/aromatic N) is 6. The Labute approximate surface area is 138 Å². The lowest BCUT2D eigenvalue weighted by molar-refractivity contribution is 0.437. The Hall–Kier alpha value is -1.48. The summed E-state index contributed by atoms with van der Waals surface area (Å²) in [6, 6.07) is 0. The highest BCUT2D eigenvalue weighted by Gasteiger charge is 2.23. The van der Waals surface area contributed by atoms with Gasteiger partial charge in [0.25, 0.3) is 0 Å². The molecule has 130 valence electrons. The maximum Gasteiger partial charge on any atom is 0.230 e.